The molecule has 1 unspecified atom stereocenters. The highest BCUT2D eigenvalue weighted by Gasteiger charge is 2.28. The van der Waals surface area contributed by atoms with Gasteiger partial charge in [0, 0.05) is 19.3 Å². The minimum Gasteiger partial charge on any atom is -0.376 e. The molecule has 4 rings (SSSR count). The predicted octanol–water partition coefficient (Wildman–Crippen LogP) is 3.47. The summed E-state index contributed by atoms with van der Waals surface area (Å²) >= 11 is 1.54. The highest BCUT2D eigenvalue weighted by Crippen LogP contribution is 2.32. The highest BCUT2D eigenvalue weighted by atomic mass is 32.1. The molecule has 0 saturated carbocycles. The number of anilines is 1. The number of fused-ring (bicyclic) bond motifs is 1. The molecule has 1 aliphatic rings. The van der Waals surface area contributed by atoms with Crippen LogP contribution in [0.2, 0.25) is 0 Å². The van der Waals surface area contributed by atoms with Gasteiger partial charge >= 0.3 is 0 Å². The average molecular weight is 370 g/mol. The largest absolute Gasteiger partial charge is 0.376 e. The van der Waals surface area contributed by atoms with Gasteiger partial charge in [0.15, 0.2) is 10.8 Å². The molecule has 136 valence electrons. The van der Waals surface area contributed by atoms with Crippen molar-refractivity contribution in [2.45, 2.75) is 32.8 Å². The van der Waals surface area contributed by atoms with Gasteiger partial charge in [-0.2, -0.15) is 5.10 Å². The molecule has 1 atom stereocenters. The van der Waals surface area contributed by atoms with Gasteiger partial charge in [-0.1, -0.05) is 23.5 Å². The number of carbonyl (C=O) groups is 1. The van der Waals surface area contributed by atoms with Crippen LogP contribution in [0.15, 0.2) is 24.3 Å². The van der Waals surface area contributed by atoms with Crippen molar-refractivity contribution in [3.63, 3.8) is 0 Å². The van der Waals surface area contributed by atoms with Crippen LogP contribution in [0.3, 0.4) is 0 Å². The lowest BCUT2D eigenvalue weighted by Gasteiger charge is -2.22. The quantitative estimate of drug-likeness (QED) is 0.705. The molecule has 3 aromatic rings. The third-order valence-electron chi connectivity index (χ3n) is 4.83. The second kappa shape index (κ2) is 6.81. The van der Waals surface area contributed by atoms with Crippen molar-refractivity contribution in [3.8, 4) is 0 Å². The fourth-order valence-electron chi connectivity index (χ4n) is 3.23. The molecular formula is C19H22N4O2S. The van der Waals surface area contributed by atoms with Crippen molar-refractivity contribution in [1.82, 2.24) is 14.8 Å². The zero-order chi connectivity index (χ0) is 18.3. The monoisotopic (exact) mass is 370 g/mol. The van der Waals surface area contributed by atoms with Gasteiger partial charge in [0.05, 0.1) is 22.9 Å². The van der Waals surface area contributed by atoms with E-state index in [0.29, 0.717) is 17.4 Å². The lowest BCUT2D eigenvalue weighted by molar-refractivity contribution is 0.0913. The molecule has 0 bridgehead atoms. The van der Waals surface area contributed by atoms with Crippen molar-refractivity contribution in [3.05, 3.63) is 41.2 Å². The fraction of sp³-hybridized carbons (Fsp3) is 0.421. The number of ether oxygens (including phenoxy) is 1. The van der Waals surface area contributed by atoms with Crippen LogP contribution in [0.25, 0.3) is 10.2 Å². The van der Waals surface area contributed by atoms with Crippen LogP contribution in [0.1, 0.15) is 34.6 Å². The van der Waals surface area contributed by atoms with E-state index >= 15 is 0 Å². The lowest BCUT2D eigenvalue weighted by Crippen LogP contribution is -2.37. The third kappa shape index (κ3) is 3.12. The van der Waals surface area contributed by atoms with Gasteiger partial charge in [-0.3, -0.25) is 14.4 Å². The molecule has 0 aliphatic carbocycles. The predicted molar refractivity (Wildman–Crippen MR) is 103 cm³/mol. The second-order valence-electron chi connectivity index (χ2n) is 6.76. The minimum atomic E-state index is -0.124. The Bertz CT molecular complexity index is 936. The van der Waals surface area contributed by atoms with Gasteiger partial charge < -0.3 is 4.74 Å². The molecule has 7 heteroatoms. The summed E-state index contributed by atoms with van der Waals surface area (Å²) < 4.78 is 8.58. The van der Waals surface area contributed by atoms with E-state index in [-0.39, 0.29) is 12.0 Å². The third-order valence-corrected chi connectivity index (χ3v) is 5.87. The van der Waals surface area contributed by atoms with Crippen molar-refractivity contribution in [2.24, 2.45) is 7.05 Å². The summed E-state index contributed by atoms with van der Waals surface area (Å²) in [5.41, 5.74) is 3.46. The molecule has 0 radical (unpaired) electrons. The molecule has 6 nitrogen and oxygen atoms in total. The molecule has 1 aliphatic heterocycles. The summed E-state index contributed by atoms with van der Waals surface area (Å²) in [5, 5.41) is 5.07. The van der Waals surface area contributed by atoms with Crippen molar-refractivity contribution in [1.29, 1.82) is 0 Å². The Morgan fingerprint density at radius 2 is 2.27 bits per heavy atom. The van der Waals surface area contributed by atoms with E-state index < -0.39 is 0 Å². The second-order valence-corrected chi connectivity index (χ2v) is 7.77. The maximum Gasteiger partial charge on any atom is 0.280 e. The number of hydrogen-bond donors (Lipinski definition) is 0. The Hall–Kier alpha value is -2.25. The van der Waals surface area contributed by atoms with E-state index in [1.54, 1.807) is 20.9 Å². The molecule has 26 heavy (non-hydrogen) atoms. The maximum absolute atomic E-state index is 13.2. The van der Waals surface area contributed by atoms with Gasteiger partial charge in [0.2, 0.25) is 0 Å². The van der Waals surface area contributed by atoms with Crippen LogP contribution >= 0.6 is 11.3 Å². The first-order chi connectivity index (χ1) is 12.5. The van der Waals surface area contributed by atoms with Crippen molar-refractivity contribution >= 4 is 32.6 Å². The lowest BCUT2D eigenvalue weighted by atomic mass is 10.2. The molecule has 2 aromatic heterocycles. The number of rotatable bonds is 4. The molecule has 1 fully saturated rings. The topological polar surface area (TPSA) is 60.2 Å². The minimum absolute atomic E-state index is 0.0527. The van der Waals surface area contributed by atoms with E-state index in [9.17, 15) is 4.79 Å². The normalized spacial score (nSPS) is 17.1. The van der Waals surface area contributed by atoms with Gasteiger partial charge in [-0.05, 0) is 44.4 Å². The van der Waals surface area contributed by atoms with E-state index in [2.05, 4.69) is 5.10 Å². The summed E-state index contributed by atoms with van der Waals surface area (Å²) in [7, 11) is 1.84. The Balaban J connectivity index is 1.73. The summed E-state index contributed by atoms with van der Waals surface area (Å²) in [5.74, 6) is -0.124. The standard InChI is InChI=1S/C19H22N4O2S/c1-12-6-4-8-16-17(12)20-19(26-16)23(11-14-7-5-9-25-14)18(24)15-10-13(2)22(3)21-15/h4,6,8,10,14H,5,7,9,11H2,1-3H3. The first-order valence-corrected chi connectivity index (χ1v) is 9.65. The van der Waals surface area contributed by atoms with Gasteiger partial charge in [-0.15, -0.1) is 0 Å². The average Bonchev–Trinajstić information content (AvgIpc) is 3.33. The molecular weight excluding hydrogens is 348 g/mol. The van der Waals surface area contributed by atoms with E-state index in [1.807, 2.05) is 45.2 Å². The van der Waals surface area contributed by atoms with Crippen LogP contribution in [0, 0.1) is 13.8 Å². The van der Waals surface area contributed by atoms with Gasteiger partial charge in [0.25, 0.3) is 5.91 Å². The summed E-state index contributed by atoms with van der Waals surface area (Å²) in [4.78, 5) is 19.7. The van der Waals surface area contributed by atoms with E-state index in [1.165, 1.54) is 0 Å². The Morgan fingerprint density at radius 1 is 1.42 bits per heavy atom. The van der Waals surface area contributed by atoms with Crippen molar-refractivity contribution < 1.29 is 9.53 Å². The number of aryl methyl sites for hydroxylation is 3. The van der Waals surface area contributed by atoms with Gasteiger partial charge in [0.1, 0.15) is 0 Å². The van der Waals surface area contributed by atoms with Gasteiger partial charge in [-0.25, -0.2) is 4.98 Å². The number of hydrogen-bond acceptors (Lipinski definition) is 5. The van der Waals surface area contributed by atoms with Crippen LogP contribution in [-0.2, 0) is 11.8 Å². The zero-order valence-corrected chi connectivity index (χ0v) is 16.0. The number of aromatic nitrogens is 3. The molecule has 1 saturated heterocycles. The molecule has 3 heterocycles. The Morgan fingerprint density at radius 3 is 2.92 bits per heavy atom. The number of carbonyl (C=O) groups excluding carboxylic acids is 1. The van der Waals surface area contributed by atoms with E-state index in [4.69, 9.17) is 9.72 Å². The SMILES string of the molecule is Cc1cccc2sc(N(CC3CCCO3)C(=O)c3cc(C)n(C)n3)nc12. The molecule has 0 spiro atoms. The first-order valence-electron chi connectivity index (χ1n) is 8.83. The number of para-hydroxylation sites is 1. The molecule has 0 N–H and O–H groups in total. The number of benzene rings is 1. The zero-order valence-electron chi connectivity index (χ0n) is 15.2. The summed E-state index contributed by atoms with van der Waals surface area (Å²) in [6, 6.07) is 7.93. The Kier molecular flexibility index (Phi) is 4.50. The summed E-state index contributed by atoms with van der Waals surface area (Å²) in [6.07, 6.45) is 2.06. The van der Waals surface area contributed by atoms with Crippen molar-refractivity contribution in [2.75, 3.05) is 18.1 Å². The Labute approximate surface area is 156 Å². The molecule has 1 aromatic carbocycles. The number of nitrogens with zero attached hydrogens (tertiary/aromatic N) is 4. The smallest absolute Gasteiger partial charge is 0.280 e. The maximum atomic E-state index is 13.2. The fourth-order valence-corrected chi connectivity index (χ4v) is 4.28. The first kappa shape index (κ1) is 17.2. The van der Waals surface area contributed by atoms with Crippen LogP contribution in [0.5, 0.6) is 0 Å². The molecule has 1 amide bonds. The van der Waals surface area contributed by atoms with Crippen LogP contribution in [-0.4, -0.2) is 39.9 Å². The number of thiazole rings is 1. The van der Waals surface area contributed by atoms with Crippen LogP contribution in [0.4, 0.5) is 5.13 Å². The van der Waals surface area contributed by atoms with E-state index in [0.717, 1.165) is 40.9 Å². The number of amides is 1. The highest BCUT2D eigenvalue weighted by molar-refractivity contribution is 7.22. The van der Waals surface area contributed by atoms with Crippen LogP contribution < -0.4 is 4.90 Å². The summed E-state index contributed by atoms with van der Waals surface area (Å²) in [6.45, 7) is 5.25.